The van der Waals surface area contributed by atoms with E-state index >= 15 is 0 Å². The van der Waals surface area contributed by atoms with Crippen molar-refractivity contribution in [2.24, 2.45) is 0 Å². The zero-order valence-corrected chi connectivity index (χ0v) is 90.5. The van der Waals surface area contributed by atoms with Gasteiger partial charge in [0.25, 0.3) is 0 Å². The molecule has 0 heterocycles. The van der Waals surface area contributed by atoms with E-state index in [4.69, 9.17) is 14.2 Å². The van der Waals surface area contributed by atoms with Gasteiger partial charge in [-0.1, -0.05) is 170 Å². The molecular formula is C130H142F6O6S. The zero-order valence-electron chi connectivity index (χ0n) is 89.7. The maximum atomic E-state index is 14.0. The summed E-state index contributed by atoms with van der Waals surface area (Å²) in [6.45, 7) is 65.0. The fraction of sp³-hybridized carbons (Fsp3) is 0.269. The van der Waals surface area contributed by atoms with Crippen LogP contribution in [0, 0.1) is 222 Å². The second kappa shape index (κ2) is 48.9. The number of alkyl halides is 6. The molecule has 0 spiro atoms. The summed E-state index contributed by atoms with van der Waals surface area (Å²) in [5, 5.41) is 2.87. The van der Waals surface area contributed by atoms with E-state index in [1.165, 1.54) is 170 Å². The number of hydrogen-bond donors (Lipinski definition) is 0. The van der Waals surface area contributed by atoms with Crippen LogP contribution in [0.25, 0.3) is 21.9 Å². The van der Waals surface area contributed by atoms with Crippen LogP contribution in [0.15, 0.2) is 289 Å². The Bertz CT molecular complexity index is 6880. The average molecular weight is 1950 g/mol. The number of sulfone groups is 1. The second-order valence-corrected chi connectivity index (χ2v) is 40.7. The van der Waals surface area contributed by atoms with Crippen LogP contribution in [0.5, 0.6) is 34.5 Å². The van der Waals surface area contributed by atoms with Crippen molar-refractivity contribution in [2.75, 3.05) is 0 Å². The molecule has 0 aromatic heterocycles. The molecule has 0 N–H and O–H groups in total. The Morgan fingerprint density at radius 1 is 0.189 bits per heavy atom. The number of ether oxygens (including phenoxy) is 3. The highest BCUT2D eigenvalue weighted by Crippen LogP contribution is 2.57. The minimum Gasteiger partial charge on any atom is -0.457 e. The molecule has 746 valence electrons. The molecule has 143 heavy (non-hydrogen) atoms. The van der Waals surface area contributed by atoms with Gasteiger partial charge in [-0.3, -0.25) is 4.79 Å². The summed E-state index contributed by atoms with van der Waals surface area (Å²) in [5.74, 6) is 5.19. The number of rotatable bonds is 13. The third-order valence-electron chi connectivity index (χ3n) is 27.7. The van der Waals surface area contributed by atoms with Gasteiger partial charge in [0.1, 0.15) is 34.5 Å². The van der Waals surface area contributed by atoms with E-state index < -0.39 is 38.7 Å². The van der Waals surface area contributed by atoms with Crippen molar-refractivity contribution in [1.29, 1.82) is 0 Å². The van der Waals surface area contributed by atoms with Gasteiger partial charge in [0.05, 0.1) is 9.79 Å². The summed E-state index contributed by atoms with van der Waals surface area (Å²) < 4.78 is 127. The van der Waals surface area contributed by atoms with E-state index in [0.29, 0.717) is 32.0 Å². The SMILES string of the molecule is Cc1cc(C)c(C)cc1C.Cc1ccc(-c2ccc(C)c(C)c2)cc1C.Cc1ccc(C(=O)c2ccc(C)c(C)c2)cc1C.Cc1ccc(C(c2ccc(C)c(C)c2)(C(F)(F)F)C(F)(F)F)cc1C.Cc1ccc(C)c2c(C)ccc(C)c12.Cc1ccc(Oc2ccc(C)c(C)c2)cc1C.Cc1ccc(Oc2ccc(Oc3ccc(C)c(C)c3)cc2)cc1C.Cc1ccc(S(=O)(=O)c2ccc(C)c(C)c2)cc1C. The first-order valence-electron chi connectivity index (χ1n) is 48.5. The number of carbonyl (C=O) groups excluding carboxylic acids is 1. The van der Waals surface area contributed by atoms with Crippen LogP contribution in [-0.4, -0.2) is 26.6 Å². The van der Waals surface area contributed by atoms with Crippen molar-refractivity contribution in [2.45, 2.75) is 249 Å². The minimum atomic E-state index is -5.55. The summed E-state index contributed by atoms with van der Waals surface area (Å²) in [6.07, 6.45) is -11.1. The van der Waals surface area contributed by atoms with Crippen molar-refractivity contribution in [1.82, 2.24) is 0 Å². The molecule has 0 aliphatic heterocycles. The molecule has 0 amide bonds. The lowest BCUT2D eigenvalue weighted by Crippen LogP contribution is -2.54. The van der Waals surface area contributed by atoms with Gasteiger partial charge in [-0.25, -0.2) is 8.42 Å². The highest BCUT2D eigenvalue weighted by atomic mass is 32.2. The Hall–Kier alpha value is -13.6. The number of benzene rings is 16. The summed E-state index contributed by atoms with van der Waals surface area (Å²) in [5.41, 5.74) is 35.9. The van der Waals surface area contributed by atoms with E-state index in [-0.39, 0.29) is 5.78 Å². The predicted octanol–water partition coefficient (Wildman–Crippen LogP) is 37.0. The highest BCUT2D eigenvalue weighted by Gasteiger charge is 2.72. The van der Waals surface area contributed by atoms with Gasteiger partial charge in [-0.05, 0) is 542 Å². The number of carbonyl (C=O) groups is 1. The lowest BCUT2D eigenvalue weighted by molar-refractivity contribution is -0.288. The van der Waals surface area contributed by atoms with Crippen molar-refractivity contribution < 1.29 is 53.8 Å². The largest absolute Gasteiger partial charge is 0.457 e. The molecule has 16 aromatic rings. The van der Waals surface area contributed by atoms with Crippen LogP contribution in [0.2, 0.25) is 0 Å². The molecule has 0 unspecified atom stereocenters. The quantitative estimate of drug-likeness (QED) is 0.0845. The Morgan fingerprint density at radius 2 is 0.378 bits per heavy atom. The number of fused-ring (bicyclic) bond motifs is 1. The van der Waals surface area contributed by atoms with E-state index in [0.717, 1.165) is 103 Å². The molecule has 0 radical (unpaired) electrons. The van der Waals surface area contributed by atoms with Gasteiger partial charge in [0, 0.05) is 11.1 Å². The topological polar surface area (TPSA) is 78.9 Å². The molecule has 0 aliphatic rings. The minimum absolute atomic E-state index is 0.0983. The Labute approximate surface area is 848 Å². The van der Waals surface area contributed by atoms with Gasteiger partial charge in [-0.15, -0.1) is 0 Å². The second-order valence-electron chi connectivity index (χ2n) is 38.8. The fourth-order valence-electron chi connectivity index (χ4n) is 16.0. The first kappa shape index (κ1) is 113. The molecule has 0 saturated heterocycles. The smallest absolute Gasteiger partial charge is 0.411 e. The summed E-state index contributed by atoms with van der Waals surface area (Å²) in [4.78, 5) is 13.1. The zero-order chi connectivity index (χ0) is 106. The third kappa shape index (κ3) is 29.3. The molecule has 0 fully saturated rings. The van der Waals surface area contributed by atoms with Gasteiger partial charge in [0.2, 0.25) is 15.3 Å². The van der Waals surface area contributed by atoms with E-state index in [1.54, 1.807) is 38.1 Å². The van der Waals surface area contributed by atoms with E-state index in [1.807, 2.05) is 139 Å². The maximum absolute atomic E-state index is 14.0. The van der Waals surface area contributed by atoms with Crippen molar-refractivity contribution in [3.05, 3.63) is 479 Å². The van der Waals surface area contributed by atoms with Crippen molar-refractivity contribution in [3.8, 4) is 45.6 Å². The number of aryl methyl sites for hydroxylation is 32. The van der Waals surface area contributed by atoms with Crippen LogP contribution >= 0.6 is 0 Å². The highest BCUT2D eigenvalue weighted by molar-refractivity contribution is 7.91. The van der Waals surface area contributed by atoms with Gasteiger partial charge >= 0.3 is 12.4 Å². The van der Waals surface area contributed by atoms with E-state index in [2.05, 4.69) is 274 Å². The third-order valence-corrected chi connectivity index (χ3v) is 29.5. The standard InChI is InChI=1S/C22H22O2.C19H18F6.C17H18O.C16H18O2S.C16H18O.C16H18.C14H16.C10H14/c1-15-5-7-21(13-17(15)3)23-19-9-11-20(12-10-19)24-22-8-6-16(2)18(4)14-22;1-11-5-7-15(9-13(11)3)17(18(20,21)22,19(23,24)25)16-8-6-12(2)14(4)10-16;1-11-5-7-15(9-13(11)3)17(18)16-8-6-12(2)14(4)10-16;1-11-5-7-15(9-13(11)3)19(17,18)16-8-6-12(2)14(4)10-16;1-11-5-7-15(9-13(11)3)17-16-8-6-12(2)14(4)10-16;1-11-5-7-15(9-13(11)3)16-8-6-12(2)14(4)10-16;1-9-5-6-11(3)14-12(4)8-7-10(2)13(9)14;1-7-5-9(3)10(4)6-8(7)2/h5-14H,1-4H3;5-10H,1-4H3;5-10H,1-4H3;5-10H,1-4H3;5-10H,1-4H3;5-10H,1-4H3;5-8H,1-4H3;5-6H,1-4H3. The molecule has 16 rings (SSSR count). The average Bonchev–Trinajstić information content (AvgIpc) is 0.710. The van der Waals surface area contributed by atoms with Gasteiger partial charge < -0.3 is 14.2 Å². The number of ketones is 1. The molecule has 16 aromatic carbocycles. The Kier molecular flexibility index (Phi) is 38.6. The first-order valence-corrected chi connectivity index (χ1v) is 49.9. The lowest BCUT2D eigenvalue weighted by atomic mass is 9.71. The summed E-state index contributed by atoms with van der Waals surface area (Å²) in [7, 11) is -3.42. The first-order chi connectivity index (χ1) is 67.0. The van der Waals surface area contributed by atoms with Crippen molar-refractivity contribution >= 4 is 26.4 Å². The van der Waals surface area contributed by atoms with Crippen LogP contribution in [-0.2, 0) is 15.3 Å². The maximum Gasteiger partial charge on any atom is 0.411 e. The number of halogens is 6. The fourth-order valence-corrected chi connectivity index (χ4v) is 17.5. The van der Waals surface area contributed by atoms with Crippen molar-refractivity contribution in [3.63, 3.8) is 0 Å². The Morgan fingerprint density at radius 3 is 0.608 bits per heavy atom. The molecule has 13 heteroatoms. The van der Waals surface area contributed by atoms with Crippen LogP contribution in [0.1, 0.15) is 205 Å². The Balaban J connectivity index is 0.000000184. The molecular weight excluding hydrogens is 1800 g/mol. The molecule has 0 atom stereocenters. The molecule has 0 saturated carbocycles. The summed E-state index contributed by atoms with van der Waals surface area (Å²) >= 11 is 0. The predicted molar refractivity (Wildman–Crippen MR) is 587 cm³/mol. The molecule has 6 nitrogen and oxygen atoms in total. The lowest BCUT2D eigenvalue weighted by Gasteiger charge is -2.38. The van der Waals surface area contributed by atoms with Gasteiger partial charge in [0.15, 0.2) is 5.78 Å². The van der Waals surface area contributed by atoms with Crippen LogP contribution in [0.4, 0.5) is 26.3 Å². The summed E-state index contributed by atoms with van der Waals surface area (Å²) in [6, 6.07) is 87.5. The molecule has 0 bridgehead atoms. The monoisotopic (exact) mass is 1950 g/mol. The van der Waals surface area contributed by atoms with E-state index in [9.17, 15) is 39.6 Å². The molecule has 0 aliphatic carbocycles. The van der Waals surface area contributed by atoms with Crippen LogP contribution in [0.3, 0.4) is 0 Å². The van der Waals surface area contributed by atoms with Crippen LogP contribution < -0.4 is 14.2 Å². The van der Waals surface area contributed by atoms with Gasteiger partial charge in [-0.2, -0.15) is 26.3 Å². The number of hydrogen-bond acceptors (Lipinski definition) is 6. The normalized spacial score (nSPS) is 11.1.